The Hall–Kier alpha value is -4.65. The Bertz CT molecular complexity index is 1680. The van der Waals surface area contributed by atoms with Crippen LogP contribution in [0.5, 0.6) is 5.75 Å². The number of fused-ring (bicyclic) bond motifs is 5. The van der Waals surface area contributed by atoms with Crippen molar-refractivity contribution >= 4 is 29.5 Å². The fourth-order valence-electron chi connectivity index (χ4n) is 7.41. The molecule has 5 amide bonds. The predicted octanol–water partition coefficient (Wildman–Crippen LogP) is -0.612. The summed E-state index contributed by atoms with van der Waals surface area (Å²) in [5.74, 6) is -1.42. The highest BCUT2D eigenvalue weighted by molar-refractivity contribution is 5.93. The van der Waals surface area contributed by atoms with Gasteiger partial charge in [0.05, 0.1) is 18.1 Å². The molecule has 4 bridgehead atoms. The zero-order valence-electron chi connectivity index (χ0n) is 37.1. The summed E-state index contributed by atoms with van der Waals surface area (Å²) in [7, 11) is 10.8. The highest BCUT2D eigenvalue weighted by Crippen LogP contribution is 2.28. The number of benzene rings is 2. The first-order chi connectivity index (χ1) is 29.5. The van der Waals surface area contributed by atoms with Crippen molar-refractivity contribution in [3.63, 3.8) is 0 Å². The SMILES string of the molecule is CNCCC[C@@H](CNC(=O)[C@H](CCCNC(=O)[C@H](CCCNC(=O)[C@@H]1Cc2cccc(c2)-c2ccc(O)c(c2)C[C@H](NC)C(=O)N[C@@H](CCCNC)C(=O)N1)NC)NC)NC. The number of amides is 5. The molecular formula is C44H73N11O6. The van der Waals surface area contributed by atoms with Crippen LogP contribution in [0.2, 0.25) is 0 Å². The van der Waals surface area contributed by atoms with E-state index in [0.717, 1.165) is 36.1 Å². The van der Waals surface area contributed by atoms with E-state index in [2.05, 4.69) is 58.5 Å². The number of nitrogens with one attached hydrogen (secondary N) is 11. The number of rotatable bonds is 25. The van der Waals surface area contributed by atoms with Crippen LogP contribution >= 0.6 is 0 Å². The van der Waals surface area contributed by atoms with E-state index in [1.54, 1.807) is 27.2 Å². The van der Waals surface area contributed by atoms with Crippen LogP contribution in [0, 0.1) is 0 Å². The summed E-state index contributed by atoms with van der Waals surface area (Å²) < 4.78 is 0. The van der Waals surface area contributed by atoms with Gasteiger partial charge in [0, 0.05) is 38.5 Å². The van der Waals surface area contributed by atoms with Gasteiger partial charge in [-0.25, -0.2) is 0 Å². The zero-order valence-corrected chi connectivity index (χ0v) is 37.1. The molecule has 0 radical (unpaired) electrons. The summed E-state index contributed by atoms with van der Waals surface area (Å²) in [4.78, 5) is 67.2. The number of phenolic OH excluding ortho intramolecular Hbond substituents is 1. The Balaban J connectivity index is 1.61. The molecule has 0 aliphatic carbocycles. The lowest BCUT2D eigenvalue weighted by atomic mass is 9.96. The van der Waals surface area contributed by atoms with Gasteiger partial charge in [0.25, 0.3) is 0 Å². The molecule has 1 heterocycles. The number of carbonyl (C=O) groups excluding carboxylic acids is 5. The van der Waals surface area contributed by atoms with Crippen molar-refractivity contribution in [3.05, 3.63) is 53.6 Å². The molecule has 2 aromatic carbocycles. The molecule has 0 aromatic heterocycles. The number of hydrogen-bond donors (Lipinski definition) is 12. The van der Waals surface area contributed by atoms with Crippen LogP contribution in [0.3, 0.4) is 0 Å². The maximum Gasteiger partial charge on any atom is 0.243 e. The molecule has 0 fully saturated rings. The fraction of sp³-hybridized carbons (Fsp3) is 0.614. The number of aromatic hydroxyl groups is 1. The lowest BCUT2D eigenvalue weighted by molar-refractivity contribution is -0.132. The third-order valence-corrected chi connectivity index (χ3v) is 11.2. The van der Waals surface area contributed by atoms with E-state index >= 15 is 0 Å². The lowest BCUT2D eigenvalue weighted by Gasteiger charge is -2.25. The van der Waals surface area contributed by atoms with E-state index in [-0.39, 0.29) is 54.9 Å². The van der Waals surface area contributed by atoms with Crippen molar-refractivity contribution in [2.45, 2.75) is 100 Å². The highest BCUT2D eigenvalue weighted by atomic mass is 16.3. The van der Waals surface area contributed by atoms with Crippen LogP contribution in [0.4, 0.5) is 0 Å². The fourth-order valence-corrected chi connectivity index (χ4v) is 7.41. The van der Waals surface area contributed by atoms with E-state index in [1.165, 1.54) is 0 Å². The maximum absolute atomic E-state index is 13.9. The normalized spacial score (nSPS) is 18.4. The van der Waals surface area contributed by atoms with Gasteiger partial charge < -0.3 is 63.6 Å². The summed E-state index contributed by atoms with van der Waals surface area (Å²) >= 11 is 0. The van der Waals surface area contributed by atoms with E-state index in [4.69, 9.17) is 0 Å². The second kappa shape index (κ2) is 28.0. The van der Waals surface area contributed by atoms with Crippen LogP contribution < -0.4 is 58.5 Å². The largest absolute Gasteiger partial charge is 0.508 e. The van der Waals surface area contributed by atoms with E-state index < -0.39 is 36.0 Å². The predicted molar refractivity (Wildman–Crippen MR) is 240 cm³/mol. The molecule has 0 spiro atoms. The average molecular weight is 852 g/mol. The second-order valence-electron chi connectivity index (χ2n) is 15.7. The summed E-state index contributed by atoms with van der Waals surface area (Å²) in [6.45, 7) is 2.76. The van der Waals surface area contributed by atoms with Crippen LogP contribution in [0.1, 0.15) is 62.5 Å². The minimum absolute atomic E-state index is 0.0697. The van der Waals surface area contributed by atoms with Gasteiger partial charge in [-0.2, -0.15) is 0 Å². The molecule has 0 saturated carbocycles. The Morgan fingerprint density at radius 3 is 1.98 bits per heavy atom. The first kappa shape index (κ1) is 50.7. The molecular weight excluding hydrogens is 779 g/mol. The standard InChI is InChI=1S/C44H73N11O6/c1-45-20-8-14-33(47-3)28-53-41(58)35(49-5)16-11-22-51-40(57)34(48-4)15-10-23-52-42(59)38-25-29-12-7-13-30(24-29)31-18-19-39(56)32(26-31)27-37(50-6)44(61)54-36(43(60)55-38)17-9-21-46-2/h7,12-13,18-19,24,26,33-38,45-50,56H,8-11,14-17,20-23,25,27-28H2,1-6H3,(H,51,57)(H,52,59)(H,53,58)(H,54,61)(H,55,60)/t33-,34-,35-,36-,37-,38-/m0/s1. The summed E-state index contributed by atoms with van der Waals surface area (Å²) in [6, 6.07) is 9.70. The molecule has 0 saturated heterocycles. The van der Waals surface area contributed by atoms with Gasteiger partial charge in [-0.05, 0) is 141 Å². The number of carbonyl (C=O) groups is 5. The molecule has 17 heteroatoms. The lowest BCUT2D eigenvalue weighted by Crippen LogP contribution is -2.57. The van der Waals surface area contributed by atoms with Gasteiger partial charge in [-0.15, -0.1) is 0 Å². The Labute approximate surface area is 362 Å². The Morgan fingerprint density at radius 2 is 1.33 bits per heavy atom. The molecule has 2 aromatic rings. The van der Waals surface area contributed by atoms with Crippen LogP contribution in [0.15, 0.2) is 42.5 Å². The van der Waals surface area contributed by atoms with Gasteiger partial charge in [0.15, 0.2) is 0 Å². The molecule has 1 aliphatic heterocycles. The minimum atomic E-state index is -0.952. The second-order valence-corrected chi connectivity index (χ2v) is 15.7. The molecule has 0 unspecified atom stereocenters. The van der Waals surface area contributed by atoms with Crippen molar-refractivity contribution in [2.75, 3.05) is 75.0 Å². The Morgan fingerprint density at radius 1 is 0.689 bits per heavy atom. The van der Waals surface area contributed by atoms with Crippen molar-refractivity contribution in [3.8, 4) is 16.9 Å². The maximum atomic E-state index is 13.9. The summed E-state index contributed by atoms with van der Waals surface area (Å²) in [5.41, 5.74) is 3.11. The zero-order chi connectivity index (χ0) is 44.6. The minimum Gasteiger partial charge on any atom is -0.508 e. The van der Waals surface area contributed by atoms with Crippen molar-refractivity contribution < 1.29 is 29.1 Å². The average Bonchev–Trinajstić information content (AvgIpc) is 3.26. The van der Waals surface area contributed by atoms with E-state index in [1.807, 2.05) is 57.5 Å². The van der Waals surface area contributed by atoms with Crippen LogP contribution in [-0.4, -0.2) is 146 Å². The summed E-state index contributed by atoms with van der Waals surface area (Å²) in [6.07, 6.45) is 5.39. The smallest absolute Gasteiger partial charge is 0.243 e. The molecule has 1 aliphatic rings. The summed E-state index contributed by atoms with van der Waals surface area (Å²) in [5, 5.41) is 44.1. The van der Waals surface area contributed by atoms with Crippen molar-refractivity contribution in [1.29, 1.82) is 0 Å². The van der Waals surface area contributed by atoms with Gasteiger partial charge in [0.1, 0.15) is 17.8 Å². The highest BCUT2D eigenvalue weighted by Gasteiger charge is 2.30. The molecule has 61 heavy (non-hydrogen) atoms. The molecule has 340 valence electrons. The molecule has 3 rings (SSSR count). The first-order valence-electron chi connectivity index (χ1n) is 21.8. The number of likely N-dealkylation sites (N-methyl/N-ethyl adjacent to an activating group) is 4. The van der Waals surface area contributed by atoms with Crippen molar-refractivity contribution in [1.82, 2.24) is 58.5 Å². The first-order valence-corrected chi connectivity index (χ1v) is 21.8. The molecule has 6 atom stereocenters. The number of phenols is 1. The van der Waals surface area contributed by atoms with Gasteiger partial charge in [-0.1, -0.05) is 30.3 Å². The third kappa shape index (κ3) is 17.3. The van der Waals surface area contributed by atoms with E-state index in [9.17, 15) is 29.1 Å². The topological polar surface area (TPSA) is 238 Å². The number of hydrogen-bond acceptors (Lipinski definition) is 12. The molecule has 17 nitrogen and oxygen atoms in total. The van der Waals surface area contributed by atoms with Crippen LogP contribution in [-0.2, 0) is 36.8 Å². The van der Waals surface area contributed by atoms with Gasteiger partial charge in [-0.3, -0.25) is 24.0 Å². The monoisotopic (exact) mass is 852 g/mol. The Kier molecular flexibility index (Phi) is 23.3. The quantitative estimate of drug-likeness (QED) is 0.0561. The van der Waals surface area contributed by atoms with E-state index in [0.29, 0.717) is 63.7 Å². The van der Waals surface area contributed by atoms with Gasteiger partial charge in [0.2, 0.25) is 29.5 Å². The van der Waals surface area contributed by atoms with Crippen molar-refractivity contribution in [2.24, 2.45) is 0 Å². The third-order valence-electron chi connectivity index (χ3n) is 11.2. The van der Waals surface area contributed by atoms with Gasteiger partial charge >= 0.3 is 0 Å². The molecule has 12 N–H and O–H groups in total. The van der Waals surface area contributed by atoms with Crippen LogP contribution in [0.25, 0.3) is 11.1 Å².